The summed E-state index contributed by atoms with van der Waals surface area (Å²) in [7, 11) is 3.02. The molecule has 0 atom stereocenters. The van der Waals surface area contributed by atoms with Gasteiger partial charge in [-0.15, -0.1) is 0 Å². The van der Waals surface area contributed by atoms with Crippen molar-refractivity contribution in [2.24, 2.45) is 0 Å². The summed E-state index contributed by atoms with van der Waals surface area (Å²) in [5.41, 5.74) is 0. The van der Waals surface area contributed by atoms with Gasteiger partial charge in [-0.3, -0.25) is 0 Å². The van der Waals surface area contributed by atoms with Crippen molar-refractivity contribution in [2.45, 2.75) is 0 Å². The third-order valence-corrected chi connectivity index (χ3v) is 2.16. The molecule has 0 aliphatic heterocycles. The summed E-state index contributed by atoms with van der Waals surface area (Å²) >= 11 is 0. The van der Waals surface area contributed by atoms with Gasteiger partial charge < -0.3 is 10.8 Å². The van der Waals surface area contributed by atoms with E-state index in [1.807, 2.05) is 10.8 Å². The fourth-order valence-electron chi connectivity index (χ4n) is 0.207. The first-order chi connectivity index (χ1) is 4.91. The summed E-state index contributed by atoms with van der Waals surface area (Å²) in [4.78, 5) is 0. The number of allylic oxidation sites excluding steroid dienone is 2. The second kappa shape index (κ2) is 8.52. The predicted molar refractivity (Wildman–Crippen MR) is 51.0 cm³/mol. The van der Waals surface area contributed by atoms with Crippen molar-refractivity contribution in [1.29, 1.82) is 10.8 Å². The number of rotatable bonds is 5. The zero-order valence-corrected chi connectivity index (χ0v) is 6.91. The van der Waals surface area contributed by atoms with Crippen LogP contribution in [0.15, 0.2) is 23.0 Å². The first kappa shape index (κ1) is 9.52. The minimum atomic E-state index is 1.23. The van der Waals surface area contributed by atoms with Gasteiger partial charge in [-0.2, -0.15) is 0 Å². The van der Waals surface area contributed by atoms with Crippen LogP contribution >= 0.6 is 21.6 Å². The maximum atomic E-state index is 6.63. The van der Waals surface area contributed by atoms with Gasteiger partial charge in [-0.05, 0) is 23.0 Å². The number of nitrogens with one attached hydrogen (secondary N) is 2. The van der Waals surface area contributed by atoms with Crippen LogP contribution in [0.3, 0.4) is 0 Å². The molecule has 0 saturated carbocycles. The van der Waals surface area contributed by atoms with E-state index in [0.717, 1.165) is 0 Å². The Morgan fingerprint density at radius 1 is 0.800 bits per heavy atom. The highest BCUT2D eigenvalue weighted by Gasteiger charge is 1.73. The molecule has 2 N–H and O–H groups in total. The van der Waals surface area contributed by atoms with Gasteiger partial charge in [-0.1, -0.05) is 21.6 Å². The quantitative estimate of drug-likeness (QED) is 0.380. The number of hydrogen-bond donors (Lipinski definition) is 2. The molecule has 0 saturated heterocycles. The minimum Gasteiger partial charge on any atom is -0.309 e. The summed E-state index contributed by atoms with van der Waals surface area (Å²) in [5, 5.41) is 16.9. The Labute approximate surface area is 68.2 Å². The van der Waals surface area contributed by atoms with E-state index >= 15 is 0 Å². The Bertz CT molecular complexity index is 134. The van der Waals surface area contributed by atoms with Crippen molar-refractivity contribution >= 4 is 34.0 Å². The van der Waals surface area contributed by atoms with Gasteiger partial charge in [0.1, 0.15) is 0 Å². The van der Waals surface area contributed by atoms with E-state index in [4.69, 9.17) is 10.8 Å². The zero-order chi connectivity index (χ0) is 7.66. The molecule has 0 aromatic rings. The Morgan fingerprint density at radius 3 is 1.50 bits per heavy atom. The fraction of sp³-hybridized carbons (Fsp3) is 0. The standard InChI is InChI=1S/C6H8N2S2/c7-3-1-5-9-10-6-2-4-8/h1-8H/b5-1+,6-2+,7-3?,8-4?. The van der Waals surface area contributed by atoms with Gasteiger partial charge in [0, 0.05) is 12.4 Å². The van der Waals surface area contributed by atoms with E-state index in [1.54, 1.807) is 12.2 Å². The smallest absolute Gasteiger partial charge is 0.0183 e. The maximum Gasteiger partial charge on any atom is 0.0183 e. The van der Waals surface area contributed by atoms with Crippen LogP contribution in [0, 0.1) is 10.8 Å². The molecule has 0 amide bonds. The Morgan fingerprint density at radius 2 is 1.20 bits per heavy atom. The Balaban J connectivity index is 3.19. The van der Waals surface area contributed by atoms with Crippen LogP contribution in [0.25, 0.3) is 0 Å². The normalized spacial score (nSPS) is 10.8. The van der Waals surface area contributed by atoms with Crippen molar-refractivity contribution in [2.75, 3.05) is 0 Å². The summed E-state index contributed by atoms with van der Waals surface area (Å²) in [6.45, 7) is 0. The fourth-order valence-corrected chi connectivity index (χ4v) is 1.39. The summed E-state index contributed by atoms with van der Waals surface area (Å²) < 4.78 is 0. The van der Waals surface area contributed by atoms with Crippen LogP contribution in [0.1, 0.15) is 0 Å². The monoisotopic (exact) mass is 172 g/mol. The average Bonchev–Trinajstić information content (AvgIpc) is 1.97. The summed E-state index contributed by atoms with van der Waals surface area (Å²) in [6, 6.07) is 0. The van der Waals surface area contributed by atoms with Crippen molar-refractivity contribution < 1.29 is 0 Å². The molecule has 4 heteroatoms. The second-order valence-electron chi connectivity index (χ2n) is 1.18. The SMILES string of the molecule is N=C/C=C/SS/C=C/C=N. The van der Waals surface area contributed by atoms with Gasteiger partial charge in [0.15, 0.2) is 0 Å². The topological polar surface area (TPSA) is 47.7 Å². The predicted octanol–water partition coefficient (Wildman–Crippen LogP) is 2.69. The van der Waals surface area contributed by atoms with Crippen LogP contribution in [0.2, 0.25) is 0 Å². The van der Waals surface area contributed by atoms with Gasteiger partial charge in [0.2, 0.25) is 0 Å². The molecule has 0 aromatic carbocycles. The highest BCUT2D eigenvalue weighted by molar-refractivity contribution is 8.78. The molecule has 0 aliphatic rings. The first-order valence-electron chi connectivity index (χ1n) is 2.55. The third-order valence-electron chi connectivity index (χ3n) is 0.516. The first-order valence-corrected chi connectivity index (χ1v) is 4.82. The molecule has 0 spiro atoms. The average molecular weight is 172 g/mol. The van der Waals surface area contributed by atoms with Crippen LogP contribution < -0.4 is 0 Å². The molecule has 10 heavy (non-hydrogen) atoms. The van der Waals surface area contributed by atoms with Crippen molar-refractivity contribution in [1.82, 2.24) is 0 Å². The van der Waals surface area contributed by atoms with E-state index in [-0.39, 0.29) is 0 Å². The van der Waals surface area contributed by atoms with Crippen LogP contribution in [-0.4, -0.2) is 12.4 Å². The van der Waals surface area contributed by atoms with Gasteiger partial charge in [-0.25, -0.2) is 0 Å². The Hall–Kier alpha value is -0.480. The molecular formula is C6H8N2S2. The molecule has 0 aliphatic carbocycles. The lowest BCUT2D eigenvalue weighted by Crippen LogP contribution is -1.52. The molecule has 0 fully saturated rings. The van der Waals surface area contributed by atoms with E-state index in [9.17, 15) is 0 Å². The van der Waals surface area contributed by atoms with E-state index in [0.29, 0.717) is 0 Å². The highest BCUT2D eigenvalue weighted by Crippen LogP contribution is 2.22. The summed E-state index contributed by atoms with van der Waals surface area (Å²) in [6.07, 6.45) is 5.76. The molecule has 0 radical (unpaired) electrons. The number of hydrogen-bond acceptors (Lipinski definition) is 4. The van der Waals surface area contributed by atoms with Gasteiger partial charge >= 0.3 is 0 Å². The zero-order valence-electron chi connectivity index (χ0n) is 5.28. The van der Waals surface area contributed by atoms with Gasteiger partial charge in [0.25, 0.3) is 0 Å². The molecule has 2 nitrogen and oxygen atoms in total. The third kappa shape index (κ3) is 7.52. The maximum absolute atomic E-state index is 6.63. The van der Waals surface area contributed by atoms with Crippen LogP contribution in [0.5, 0.6) is 0 Å². The molecule has 0 heterocycles. The van der Waals surface area contributed by atoms with Crippen molar-refractivity contribution in [3.05, 3.63) is 23.0 Å². The van der Waals surface area contributed by atoms with E-state index in [1.165, 1.54) is 34.0 Å². The van der Waals surface area contributed by atoms with Crippen molar-refractivity contribution in [3.63, 3.8) is 0 Å². The lowest BCUT2D eigenvalue weighted by atomic mass is 10.7. The van der Waals surface area contributed by atoms with Crippen molar-refractivity contribution in [3.8, 4) is 0 Å². The molecule has 0 aromatic heterocycles. The van der Waals surface area contributed by atoms with Crippen LogP contribution in [-0.2, 0) is 0 Å². The van der Waals surface area contributed by atoms with Gasteiger partial charge in [0.05, 0.1) is 0 Å². The molecule has 54 valence electrons. The lowest BCUT2D eigenvalue weighted by molar-refractivity contribution is 1.58. The second-order valence-corrected chi connectivity index (χ2v) is 3.27. The Kier molecular flexibility index (Phi) is 8.11. The minimum absolute atomic E-state index is 1.23. The van der Waals surface area contributed by atoms with E-state index in [2.05, 4.69) is 0 Å². The van der Waals surface area contributed by atoms with Crippen LogP contribution in [0.4, 0.5) is 0 Å². The lowest BCUT2D eigenvalue weighted by Gasteiger charge is -1.81. The van der Waals surface area contributed by atoms with E-state index < -0.39 is 0 Å². The molecule has 0 bridgehead atoms. The molecular weight excluding hydrogens is 164 g/mol. The molecule has 0 rings (SSSR count). The molecule has 0 unspecified atom stereocenters. The summed E-state index contributed by atoms with van der Waals surface area (Å²) in [5.74, 6) is 0. The highest BCUT2D eigenvalue weighted by atomic mass is 33.1. The largest absolute Gasteiger partial charge is 0.309 e.